The lowest BCUT2D eigenvalue weighted by Gasteiger charge is -2.34. The number of nitrogen functional groups attached to an aromatic ring is 1. The zero-order valence-corrected chi connectivity index (χ0v) is 11.7. The first-order chi connectivity index (χ1) is 8.60. The molecule has 0 aliphatic heterocycles. The number of ether oxygens (including phenoxy) is 1. The molecular weight excluding hydrogens is 226 g/mol. The molecule has 1 heterocycles. The molecule has 1 aromatic rings. The third kappa shape index (κ3) is 3.05. The highest BCUT2D eigenvalue weighted by molar-refractivity contribution is 5.42. The molecular formula is C14H25N3O. The number of nitrogens with two attached hydrogens (primary N) is 1. The van der Waals surface area contributed by atoms with E-state index in [-0.39, 0.29) is 0 Å². The molecule has 0 radical (unpaired) electrons. The second-order valence-electron chi connectivity index (χ2n) is 5.78. The molecule has 4 nitrogen and oxygen atoms in total. The van der Waals surface area contributed by atoms with Crippen LogP contribution in [-0.2, 0) is 17.6 Å². The zero-order chi connectivity index (χ0) is 13.1. The molecule has 1 aliphatic carbocycles. The van der Waals surface area contributed by atoms with Crippen molar-refractivity contribution in [3.63, 3.8) is 0 Å². The summed E-state index contributed by atoms with van der Waals surface area (Å²) in [6, 6.07) is 0. The first-order valence-electron chi connectivity index (χ1n) is 7.03. The van der Waals surface area contributed by atoms with Crippen LogP contribution in [0, 0.1) is 11.8 Å². The Bertz CT molecular complexity index is 380. The molecule has 1 aliphatic rings. The molecule has 3 N–H and O–H groups in total. The van der Waals surface area contributed by atoms with E-state index in [1.54, 1.807) is 0 Å². The van der Waals surface area contributed by atoms with Gasteiger partial charge in [0.25, 0.3) is 0 Å². The molecule has 1 aromatic heterocycles. The Morgan fingerprint density at radius 3 is 2.78 bits per heavy atom. The number of rotatable bonds is 6. The summed E-state index contributed by atoms with van der Waals surface area (Å²) in [4.78, 5) is 0. The monoisotopic (exact) mass is 251 g/mol. The molecule has 1 fully saturated rings. The van der Waals surface area contributed by atoms with Crippen LogP contribution >= 0.6 is 0 Å². The molecule has 1 saturated carbocycles. The standard InChI is InChI=1S/C14H25N3O/c1-4-18-11-6-10(7-11)8-13-12(5-9(2)3)14(15)17-16-13/h9-11H,4-8H2,1-3H3,(H3,15,16,17). The summed E-state index contributed by atoms with van der Waals surface area (Å²) in [7, 11) is 0. The maximum atomic E-state index is 5.93. The van der Waals surface area contributed by atoms with Crippen molar-refractivity contribution in [2.24, 2.45) is 11.8 Å². The Morgan fingerprint density at radius 1 is 1.44 bits per heavy atom. The summed E-state index contributed by atoms with van der Waals surface area (Å²) in [5, 5.41) is 7.27. The summed E-state index contributed by atoms with van der Waals surface area (Å²) in [5.41, 5.74) is 8.40. The lowest BCUT2D eigenvalue weighted by Crippen LogP contribution is -2.32. The van der Waals surface area contributed by atoms with Gasteiger partial charge in [-0.25, -0.2) is 0 Å². The third-order valence-electron chi connectivity index (χ3n) is 3.68. The SMILES string of the molecule is CCOC1CC(Cc2[nH]nc(N)c2CC(C)C)C1. The van der Waals surface area contributed by atoms with E-state index in [9.17, 15) is 0 Å². The van der Waals surface area contributed by atoms with E-state index >= 15 is 0 Å². The van der Waals surface area contributed by atoms with Gasteiger partial charge in [-0.15, -0.1) is 0 Å². The van der Waals surface area contributed by atoms with Crippen LogP contribution in [0.3, 0.4) is 0 Å². The minimum Gasteiger partial charge on any atom is -0.382 e. The molecule has 0 aromatic carbocycles. The van der Waals surface area contributed by atoms with Crippen molar-refractivity contribution in [3.05, 3.63) is 11.3 Å². The molecule has 0 bridgehead atoms. The van der Waals surface area contributed by atoms with Crippen molar-refractivity contribution < 1.29 is 4.74 Å². The van der Waals surface area contributed by atoms with E-state index in [1.807, 2.05) is 0 Å². The quantitative estimate of drug-likeness (QED) is 0.816. The van der Waals surface area contributed by atoms with E-state index in [1.165, 1.54) is 24.1 Å². The van der Waals surface area contributed by atoms with Crippen molar-refractivity contribution in [1.29, 1.82) is 0 Å². The molecule has 2 rings (SSSR count). The highest BCUT2D eigenvalue weighted by atomic mass is 16.5. The number of hydrogen-bond donors (Lipinski definition) is 2. The fourth-order valence-corrected chi connectivity index (χ4v) is 2.72. The summed E-state index contributed by atoms with van der Waals surface area (Å²) < 4.78 is 5.60. The van der Waals surface area contributed by atoms with Crippen LogP contribution in [-0.4, -0.2) is 22.9 Å². The van der Waals surface area contributed by atoms with E-state index in [0.717, 1.165) is 25.4 Å². The first-order valence-corrected chi connectivity index (χ1v) is 7.03. The van der Waals surface area contributed by atoms with Gasteiger partial charge in [0.1, 0.15) is 5.82 Å². The minimum atomic E-state index is 0.480. The van der Waals surface area contributed by atoms with Crippen LogP contribution < -0.4 is 5.73 Å². The molecule has 0 unspecified atom stereocenters. The van der Waals surface area contributed by atoms with Crippen molar-refractivity contribution in [2.75, 3.05) is 12.3 Å². The summed E-state index contributed by atoms with van der Waals surface area (Å²) in [6.07, 6.45) is 4.91. The van der Waals surface area contributed by atoms with Crippen LogP contribution in [0.5, 0.6) is 0 Å². The largest absolute Gasteiger partial charge is 0.382 e. The average Bonchev–Trinajstić information content (AvgIpc) is 2.58. The molecule has 0 atom stereocenters. The number of aromatic nitrogens is 2. The van der Waals surface area contributed by atoms with Gasteiger partial charge in [0, 0.05) is 17.9 Å². The van der Waals surface area contributed by atoms with Gasteiger partial charge in [-0.1, -0.05) is 13.8 Å². The number of anilines is 1. The number of nitrogens with one attached hydrogen (secondary N) is 1. The van der Waals surface area contributed by atoms with Gasteiger partial charge in [-0.05, 0) is 44.4 Å². The Balaban J connectivity index is 1.90. The number of nitrogens with zero attached hydrogens (tertiary/aromatic N) is 1. The van der Waals surface area contributed by atoms with E-state index in [4.69, 9.17) is 10.5 Å². The van der Waals surface area contributed by atoms with Gasteiger partial charge < -0.3 is 10.5 Å². The summed E-state index contributed by atoms with van der Waals surface area (Å²) in [6.45, 7) is 7.31. The number of aromatic amines is 1. The van der Waals surface area contributed by atoms with Gasteiger partial charge in [-0.2, -0.15) is 5.10 Å². The maximum absolute atomic E-state index is 5.93. The summed E-state index contributed by atoms with van der Waals surface area (Å²) >= 11 is 0. The van der Waals surface area contributed by atoms with Gasteiger partial charge in [-0.3, -0.25) is 5.10 Å². The van der Waals surface area contributed by atoms with Crippen LogP contribution in [0.25, 0.3) is 0 Å². The van der Waals surface area contributed by atoms with Crippen LogP contribution in [0.15, 0.2) is 0 Å². The predicted molar refractivity (Wildman–Crippen MR) is 73.4 cm³/mol. The van der Waals surface area contributed by atoms with Gasteiger partial charge in [0.2, 0.25) is 0 Å². The van der Waals surface area contributed by atoms with E-state index < -0.39 is 0 Å². The van der Waals surface area contributed by atoms with Crippen molar-refractivity contribution >= 4 is 5.82 Å². The third-order valence-corrected chi connectivity index (χ3v) is 3.68. The Kier molecular flexibility index (Phi) is 4.27. The maximum Gasteiger partial charge on any atom is 0.148 e. The highest BCUT2D eigenvalue weighted by Gasteiger charge is 2.30. The second-order valence-corrected chi connectivity index (χ2v) is 5.78. The van der Waals surface area contributed by atoms with Crippen LogP contribution in [0.2, 0.25) is 0 Å². The number of H-pyrrole nitrogens is 1. The zero-order valence-electron chi connectivity index (χ0n) is 11.7. The Morgan fingerprint density at radius 2 is 2.17 bits per heavy atom. The molecule has 102 valence electrons. The van der Waals surface area contributed by atoms with E-state index in [0.29, 0.717) is 17.8 Å². The van der Waals surface area contributed by atoms with Gasteiger partial charge >= 0.3 is 0 Å². The van der Waals surface area contributed by atoms with Crippen molar-refractivity contribution in [1.82, 2.24) is 10.2 Å². The number of hydrogen-bond acceptors (Lipinski definition) is 3. The summed E-state index contributed by atoms with van der Waals surface area (Å²) in [5.74, 6) is 2.02. The van der Waals surface area contributed by atoms with E-state index in [2.05, 4.69) is 31.0 Å². The van der Waals surface area contributed by atoms with Gasteiger partial charge in [0.15, 0.2) is 0 Å². The van der Waals surface area contributed by atoms with Crippen LogP contribution in [0.4, 0.5) is 5.82 Å². The molecule has 0 spiro atoms. The average molecular weight is 251 g/mol. The lowest BCUT2D eigenvalue weighted by atomic mass is 9.78. The van der Waals surface area contributed by atoms with Gasteiger partial charge in [0.05, 0.1) is 6.10 Å². The van der Waals surface area contributed by atoms with Crippen molar-refractivity contribution in [2.45, 2.75) is 52.6 Å². The normalized spacial score (nSPS) is 23.3. The Labute approximate surface area is 109 Å². The highest BCUT2D eigenvalue weighted by Crippen LogP contribution is 2.34. The smallest absolute Gasteiger partial charge is 0.148 e. The molecule has 18 heavy (non-hydrogen) atoms. The lowest BCUT2D eigenvalue weighted by molar-refractivity contribution is -0.0243. The Hall–Kier alpha value is -1.03. The second kappa shape index (κ2) is 5.74. The topological polar surface area (TPSA) is 63.9 Å². The molecule has 0 amide bonds. The molecule has 4 heteroatoms. The first kappa shape index (κ1) is 13.4. The van der Waals surface area contributed by atoms with Crippen molar-refractivity contribution in [3.8, 4) is 0 Å². The predicted octanol–water partition coefficient (Wildman–Crippen LogP) is 2.55. The van der Waals surface area contributed by atoms with Crippen LogP contribution in [0.1, 0.15) is 44.9 Å². The minimum absolute atomic E-state index is 0.480. The molecule has 0 saturated heterocycles. The fourth-order valence-electron chi connectivity index (χ4n) is 2.72. The fraction of sp³-hybridized carbons (Fsp3) is 0.786.